The van der Waals surface area contributed by atoms with Gasteiger partial charge in [0.25, 0.3) is 0 Å². The number of rotatable bonds is 8. The first-order chi connectivity index (χ1) is 13.6. The van der Waals surface area contributed by atoms with E-state index in [0.29, 0.717) is 11.1 Å². The molecular formula is C26H32F2. The molecule has 28 heavy (non-hydrogen) atoms. The van der Waals surface area contributed by atoms with Crippen LogP contribution >= 0.6 is 0 Å². The molecule has 1 aliphatic rings. The van der Waals surface area contributed by atoms with Crippen LogP contribution in [0.2, 0.25) is 0 Å². The minimum Gasteiger partial charge on any atom is -0.203 e. The lowest BCUT2D eigenvalue weighted by Gasteiger charge is -2.29. The van der Waals surface area contributed by atoms with Gasteiger partial charge in [0.1, 0.15) is 0 Å². The van der Waals surface area contributed by atoms with Crippen LogP contribution in [0.4, 0.5) is 8.78 Å². The molecule has 0 atom stereocenters. The van der Waals surface area contributed by atoms with Gasteiger partial charge in [-0.2, -0.15) is 0 Å². The third-order valence-electron chi connectivity index (χ3n) is 6.27. The summed E-state index contributed by atoms with van der Waals surface area (Å²) in [7, 11) is 0. The summed E-state index contributed by atoms with van der Waals surface area (Å²) < 4.78 is 29.8. The zero-order valence-electron chi connectivity index (χ0n) is 17.0. The van der Waals surface area contributed by atoms with Crippen molar-refractivity contribution in [2.75, 3.05) is 0 Å². The molecule has 2 aromatic rings. The largest absolute Gasteiger partial charge is 0.203 e. The van der Waals surface area contributed by atoms with Gasteiger partial charge in [-0.3, -0.25) is 0 Å². The second-order valence-electron chi connectivity index (χ2n) is 8.21. The predicted octanol–water partition coefficient (Wildman–Crippen LogP) is 8.21. The van der Waals surface area contributed by atoms with E-state index < -0.39 is 11.6 Å². The molecular weight excluding hydrogens is 350 g/mol. The fourth-order valence-electron chi connectivity index (χ4n) is 4.48. The van der Waals surface area contributed by atoms with E-state index in [-0.39, 0.29) is 5.92 Å². The number of halogens is 2. The van der Waals surface area contributed by atoms with Crippen LogP contribution in [-0.4, -0.2) is 0 Å². The maximum atomic E-state index is 14.9. The lowest BCUT2D eigenvalue weighted by atomic mass is 9.76. The Morgan fingerprint density at radius 2 is 1.68 bits per heavy atom. The van der Waals surface area contributed by atoms with Crippen LogP contribution in [0.5, 0.6) is 0 Å². The first-order valence-corrected chi connectivity index (χ1v) is 10.8. The van der Waals surface area contributed by atoms with Gasteiger partial charge in [0, 0.05) is 5.56 Å². The zero-order valence-corrected chi connectivity index (χ0v) is 17.0. The number of allylic oxidation sites excluding steroid dienone is 1. The van der Waals surface area contributed by atoms with E-state index in [1.165, 1.54) is 24.8 Å². The fourth-order valence-corrected chi connectivity index (χ4v) is 4.48. The van der Waals surface area contributed by atoms with Gasteiger partial charge >= 0.3 is 0 Å². The van der Waals surface area contributed by atoms with Crippen LogP contribution in [0, 0.1) is 17.6 Å². The second-order valence-corrected chi connectivity index (χ2v) is 8.21. The molecule has 0 bridgehead atoms. The highest BCUT2D eigenvalue weighted by molar-refractivity contribution is 5.65. The smallest absolute Gasteiger partial charge is 0.166 e. The summed E-state index contributed by atoms with van der Waals surface area (Å²) >= 11 is 0. The summed E-state index contributed by atoms with van der Waals surface area (Å²) in [5, 5.41) is 0. The second kappa shape index (κ2) is 10.0. The quantitative estimate of drug-likeness (QED) is 0.403. The van der Waals surface area contributed by atoms with Crippen LogP contribution in [0.1, 0.15) is 75.3 Å². The Hall–Kier alpha value is -1.96. The molecule has 0 aliphatic heterocycles. The Kier molecular flexibility index (Phi) is 7.42. The molecule has 0 nitrogen and oxygen atoms in total. The van der Waals surface area contributed by atoms with Crippen molar-refractivity contribution >= 4 is 0 Å². The Labute approximate surface area is 168 Å². The normalized spacial score (nSPS) is 19.5. The third kappa shape index (κ3) is 4.90. The SMILES string of the molecule is C=CCCc1ccc(-c2ccc(C3CCC(CCCC)CC3)c(F)c2F)cc1. The van der Waals surface area contributed by atoms with E-state index in [9.17, 15) is 8.78 Å². The first-order valence-electron chi connectivity index (χ1n) is 10.8. The highest BCUT2D eigenvalue weighted by atomic mass is 19.2. The van der Waals surface area contributed by atoms with E-state index >= 15 is 0 Å². The van der Waals surface area contributed by atoms with Gasteiger partial charge < -0.3 is 0 Å². The van der Waals surface area contributed by atoms with Gasteiger partial charge in [-0.25, -0.2) is 8.78 Å². The number of hydrogen-bond acceptors (Lipinski definition) is 0. The van der Waals surface area contributed by atoms with Crippen molar-refractivity contribution in [3.63, 3.8) is 0 Å². The molecule has 0 heterocycles. The molecule has 1 fully saturated rings. The Morgan fingerprint density at radius 1 is 0.964 bits per heavy atom. The van der Waals surface area contributed by atoms with Crippen molar-refractivity contribution in [3.05, 3.63) is 71.8 Å². The number of aryl methyl sites for hydroxylation is 1. The molecule has 2 heteroatoms. The van der Waals surface area contributed by atoms with Crippen molar-refractivity contribution in [2.45, 2.75) is 70.6 Å². The fraction of sp³-hybridized carbons (Fsp3) is 0.462. The van der Waals surface area contributed by atoms with E-state index in [4.69, 9.17) is 0 Å². The monoisotopic (exact) mass is 382 g/mol. The molecule has 0 saturated heterocycles. The highest BCUT2D eigenvalue weighted by Crippen LogP contribution is 2.40. The molecule has 0 N–H and O–H groups in total. The summed E-state index contributed by atoms with van der Waals surface area (Å²) in [6, 6.07) is 11.3. The average Bonchev–Trinajstić information content (AvgIpc) is 2.73. The maximum Gasteiger partial charge on any atom is 0.166 e. The van der Waals surface area contributed by atoms with Crippen LogP contribution in [0.15, 0.2) is 49.1 Å². The molecule has 0 aromatic heterocycles. The summed E-state index contributed by atoms with van der Waals surface area (Å²) in [5.41, 5.74) is 2.83. The Bertz CT molecular complexity index is 768. The summed E-state index contributed by atoms with van der Waals surface area (Å²) in [4.78, 5) is 0. The van der Waals surface area contributed by atoms with Crippen molar-refractivity contribution in [3.8, 4) is 11.1 Å². The number of benzene rings is 2. The topological polar surface area (TPSA) is 0 Å². The molecule has 3 rings (SSSR count). The zero-order chi connectivity index (χ0) is 19.9. The lowest BCUT2D eigenvalue weighted by Crippen LogP contribution is -2.15. The van der Waals surface area contributed by atoms with E-state index in [1.807, 2.05) is 36.4 Å². The summed E-state index contributed by atoms with van der Waals surface area (Å²) in [6.07, 6.45) is 11.7. The number of unbranched alkanes of at least 4 members (excludes halogenated alkanes) is 1. The van der Waals surface area contributed by atoms with E-state index in [1.54, 1.807) is 6.07 Å². The van der Waals surface area contributed by atoms with Crippen LogP contribution < -0.4 is 0 Å². The summed E-state index contributed by atoms with van der Waals surface area (Å²) in [5.74, 6) is -0.430. The van der Waals surface area contributed by atoms with Gasteiger partial charge in [0.15, 0.2) is 11.6 Å². The molecule has 2 aromatic carbocycles. The Morgan fingerprint density at radius 3 is 2.32 bits per heavy atom. The van der Waals surface area contributed by atoms with Crippen molar-refractivity contribution in [2.24, 2.45) is 5.92 Å². The molecule has 1 saturated carbocycles. The van der Waals surface area contributed by atoms with Crippen molar-refractivity contribution in [1.82, 2.24) is 0 Å². The Balaban J connectivity index is 1.72. The third-order valence-corrected chi connectivity index (χ3v) is 6.27. The molecule has 150 valence electrons. The van der Waals surface area contributed by atoms with Crippen LogP contribution in [0.25, 0.3) is 11.1 Å². The van der Waals surface area contributed by atoms with E-state index in [2.05, 4.69) is 13.5 Å². The van der Waals surface area contributed by atoms with Crippen LogP contribution in [0.3, 0.4) is 0 Å². The maximum absolute atomic E-state index is 14.9. The molecule has 0 spiro atoms. The molecule has 0 unspecified atom stereocenters. The van der Waals surface area contributed by atoms with Crippen molar-refractivity contribution < 1.29 is 8.78 Å². The molecule has 1 aliphatic carbocycles. The van der Waals surface area contributed by atoms with Gasteiger partial charge in [-0.1, -0.05) is 68.7 Å². The van der Waals surface area contributed by atoms with Gasteiger partial charge in [0.2, 0.25) is 0 Å². The lowest BCUT2D eigenvalue weighted by molar-refractivity contribution is 0.299. The van der Waals surface area contributed by atoms with Crippen LogP contribution in [-0.2, 0) is 6.42 Å². The molecule has 0 amide bonds. The highest BCUT2D eigenvalue weighted by Gasteiger charge is 2.26. The first kappa shape index (κ1) is 20.8. The van der Waals surface area contributed by atoms with Crippen molar-refractivity contribution in [1.29, 1.82) is 0 Å². The van der Waals surface area contributed by atoms with Gasteiger partial charge in [-0.05, 0) is 67.1 Å². The van der Waals surface area contributed by atoms with Gasteiger partial charge in [-0.15, -0.1) is 6.58 Å². The minimum atomic E-state index is -0.704. The predicted molar refractivity (Wildman–Crippen MR) is 115 cm³/mol. The standard InChI is InChI=1S/C26H32F2/c1-3-5-7-19-9-13-21(14-10-19)23-17-18-24(26(28)25(23)27)22-15-11-20(12-16-22)8-6-4-2/h3,9-10,13-14,17-18,20,22H,1,4-8,11-12,15-16H2,2H3. The van der Waals surface area contributed by atoms with Gasteiger partial charge in [0.05, 0.1) is 0 Å². The minimum absolute atomic E-state index is 0.155. The summed E-state index contributed by atoms with van der Waals surface area (Å²) in [6.45, 7) is 5.96. The number of hydrogen-bond donors (Lipinski definition) is 0. The van der Waals surface area contributed by atoms with E-state index in [0.717, 1.165) is 50.0 Å². The molecule has 0 radical (unpaired) electrons. The average molecular weight is 383 g/mol.